The van der Waals surface area contributed by atoms with Gasteiger partial charge in [-0.05, 0) is 49.5 Å². The molecule has 0 aromatic heterocycles. The molecule has 3 aliphatic rings. The van der Waals surface area contributed by atoms with Gasteiger partial charge in [-0.1, -0.05) is 6.92 Å². The molecule has 0 bridgehead atoms. The average Bonchev–Trinajstić information content (AvgIpc) is 3.10. The van der Waals surface area contributed by atoms with Crippen LogP contribution in [0.4, 0.5) is 0 Å². The van der Waals surface area contributed by atoms with Crippen LogP contribution in [0.1, 0.15) is 39.0 Å². The van der Waals surface area contributed by atoms with E-state index in [0.29, 0.717) is 12.1 Å². The minimum Gasteiger partial charge on any atom is -0.325 e. The van der Waals surface area contributed by atoms with Crippen LogP contribution in [0.2, 0.25) is 0 Å². The molecule has 17 heavy (non-hydrogen) atoms. The second kappa shape index (κ2) is 4.47. The predicted molar refractivity (Wildman–Crippen MR) is 70.9 cm³/mol. The van der Waals surface area contributed by atoms with Crippen molar-refractivity contribution in [2.45, 2.75) is 50.7 Å². The Hall–Kier alpha value is -0.220. The lowest BCUT2D eigenvalue weighted by Crippen LogP contribution is -2.40. The molecule has 3 rings (SSSR count). The van der Waals surface area contributed by atoms with E-state index in [1.54, 1.807) is 0 Å². The van der Waals surface area contributed by atoms with Crippen LogP contribution in [0.15, 0.2) is 0 Å². The minimum absolute atomic E-state index is 0.121. The zero-order valence-corrected chi connectivity index (χ0v) is 11.4. The molecule has 3 fully saturated rings. The van der Waals surface area contributed by atoms with Gasteiger partial charge in [-0.3, -0.25) is 10.1 Å². The van der Waals surface area contributed by atoms with Gasteiger partial charge in [-0.2, -0.15) is 11.8 Å². The third-order valence-electron chi connectivity index (χ3n) is 4.42. The Labute approximate surface area is 108 Å². The number of nitrogens with one attached hydrogen (secondary N) is 1. The Balaban J connectivity index is 1.65. The fraction of sp³-hybridized carbons (Fsp3) is 0.923. The molecule has 4 heteroatoms. The van der Waals surface area contributed by atoms with Crippen LogP contribution in [0.3, 0.4) is 0 Å². The van der Waals surface area contributed by atoms with Gasteiger partial charge in [0.2, 0.25) is 5.91 Å². The van der Waals surface area contributed by atoms with Crippen molar-refractivity contribution >= 4 is 17.7 Å². The smallest absolute Gasteiger partial charge is 0.244 e. The fourth-order valence-electron chi connectivity index (χ4n) is 3.10. The molecule has 1 spiro atoms. The van der Waals surface area contributed by atoms with Crippen molar-refractivity contribution in [1.82, 2.24) is 10.2 Å². The summed E-state index contributed by atoms with van der Waals surface area (Å²) >= 11 is 2.06. The quantitative estimate of drug-likeness (QED) is 0.834. The number of carbonyl (C=O) groups is 1. The molecule has 96 valence electrons. The average molecular weight is 254 g/mol. The Kier molecular flexibility index (Phi) is 3.11. The van der Waals surface area contributed by atoms with Crippen molar-refractivity contribution in [3.8, 4) is 0 Å². The summed E-state index contributed by atoms with van der Waals surface area (Å²) in [7, 11) is 0. The third kappa shape index (κ3) is 2.10. The first-order chi connectivity index (χ1) is 8.25. The van der Waals surface area contributed by atoms with Gasteiger partial charge >= 0.3 is 0 Å². The maximum atomic E-state index is 12.4. The Morgan fingerprint density at radius 2 is 2.12 bits per heavy atom. The van der Waals surface area contributed by atoms with Gasteiger partial charge in [0.15, 0.2) is 0 Å². The largest absolute Gasteiger partial charge is 0.325 e. The van der Waals surface area contributed by atoms with Crippen molar-refractivity contribution in [1.29, 1.82) is 0 Å². The number of rotatable bonds is 3. The van der Waals surface area contributed by atoms with Crippen LogP contribution in [-0.2, 0) is 4.79 Å². The molecule has 1 N–H and O–H groups in total. The van der Waals surface area contributed by atoms with Crippen molar-refractivity contribution in [2.75, 3.05) is 18.1 Å². The molecule has 1 atom stereocenters. The normalized spacial score (nSPS) is 32.4. The molecule has 3 nitrogen and oxygen atoms in total. The lowest BCUT2D eigenvalue weighted by atomic mass is 10.0. The van der Waals surface area contributed by atoms with Gasteiger partial charge in [0.25, 0.3) is 0 Å². The van der Waals surface area contributed by atoms with E-state index < -0.39 is 0 Å². The zero-order chi connectivity index (χ0) is 11.9. The van der Waals surface area contributed by atoms with Gasteiger partial charge in [-0.25, -0.2) is 0 Å². The summed E-state index contributed by atoms with van der Waals surface area (Å²) in [6.07, 6.45) is 6.03. The molecule has 2 heterocycles. The van der Waals surface area contributed by atoms with Crippen LogP contribution < -0.4 is 5.32 Å². The van der Waals surface area contributed by atoms with E-state index in [4.69, 9.17) is 0 Å². The molecule has 1 amide bonds. The summed E-state index contributed by atoms with van der Waals surface area (Å²) in [6, 6.07) is 0. The minimum atomic E-state index is -0.121. The van der Waals surface area contributed by atoms with E-state index >= 15 is 0 Å². The molecule has 1 aliphatic carbocycles. The zero-order valence-electron chi connectivity index (χ0n) is 10.6. The highest BCUT2D eigenvalue weighted by molar-refractivity contribution is 7.99. The van der Waals surface area contributed by atoms with E-state index in [1.807, 2.05) is 0 Å². The summed E-state index contributed by atoms with van der Waals surface area (Å²) in [5, 5.41) is 3.55. The van der Waals surface area contributed by atoms with Crippen LogP contribution in [-0.4, -0.2) is 40.6 Å². The van der Waals surface area contributed by atoms with Crippen molar-refractivity contribution in [3.05, 3.63) is 0 Å². The lowest BCUT2D eigenvalue weighted by molar-refractivity contribution is -0.131. The number of hydrogen-bond donors (Lipinski definition) is 1. The summed E-state index contributed by atoms with van der Waals surface area (Å²) in [5.41, 5.74) is -0.121. The molecule has 0 aromatic carbocycles. The Bertz CT molecular complexity index is 311. The number of amides is 1. The topological polar surface area (TPSA) is 32.3 Å². The first-order valence-electron chi connectivity index (χ1n) is 6.92. The van der Waals surface area contributed by atoms with Crippen LogP contribution in [0.25, 0.3) is 0 Å². The van der Waals surface area contributed by atoms with Crippen molar-refractivity contribution in [3.63, 3.8) is 0 Å². The number of nitrogens with zero attached hydrogens (tertiary/aromatic N) is 1. The van der Waals surface area contributed by atoms with Gasteiger partial charge in [0.1, 0.15) is 0 Å². The Morgan fingerprint density at radius 3 is 2.71 bits per heavy atom. The van der Waals surface area contributed by atoms with Gasteiger partial charge in [0.05, 0.1) is 11.7 Å². The second-order valence-corrected chi connectivity index (χ2v) is 6.89. The van der Waals surface area contributed by atoms with Gasteiger partial charge in [0, 0.05) is 6.54 Å². The number of carbonyl (C=O) groups excluding carboxylic acids is 1. The van der Waals surface area contributed by atoms with E-state index in [2.05, 4.69) is 28.9 Å². The fourth-order valence-corrected chi connectivity index (χ4v) is 4.30. The lowest BCUT2D eigenvalue weighted by Gasteiger charge is -2.30. The van der Waals surface area contributed by atoms with Gasteiger partial charge < -0.3 is 4.90 Å². The second-order valence-electron chi connectivity index (χ2n) is 5.66. The van der Waals surface area contributed by atoms with Crippen LogP contribution in [0.5, 0.6) is 0 Å². The van der Waals surface area contributed by atoms with E-state index in [0.717, 1.165) is 31.7 Å². The van der Waals surface area contributed by atoms with Crippen molar-refractivity contribution in [2.24, 2.45) is 5.92 Å². The monoisotopic (exact) mass is 254 g/mol. The number of hydrogen-bond acceptors (Lipinski definition) is 3. The highest BCUT2D eigenvalue weighted by Crippen LogP contribution is 2.43. The summed E-state index contributed by atoms with van der Waals surface area (Å²) in [4.78, 5) is 14.5. The van der Waals surface area contributed by atoms with E-state index in [-0.39, 0.29) is 5.54 Å². The van der Waals surface area contributed by atoms with E-state index in [9.17, 15) is 4.79 Å². The predicted octanol–water partition coefficient (Wildman–Crippen LogP) is 1.83. The molecule has 1 unspecified atom stereocenters. The number of thioether (sulfide) groups is 1. The van der Waals surface area contributed by atoms with E-state index in [1.165, 1.54) is 24.3 Å². The summed E-state index contributed by atoms with van der Waals surface area (Å²) in [6.45, 7) is 3.17. The maximum absolute atomic E-state index is 12.4. The SMILES string of the molecule is CCC1NC2(CC2)C(=O)N1CC1CCSCC1. The molecular weight excluding hydrogens is 232 g/mol. The first kappa shape index (κ1) is 11.8. The van der Waals surface area contributed by atoms with Gasteiger partial charge in [-0.15, -0.1) is 0 Å². The van der Waals surface area contributed by atoms with Crippen LogP contribution >= 0.6 is 11.8 Å². The first-order valence-corrected chi connectivity index (χ1v) is 8.07. The van der Waals surface area contributed by atoms with Crippen LogP contribution in [0, 0.1) is 5.92 Å². The molecule has 2 saturated heterocycles. The molecule has 0 radical (unpaired) electrons. The van der Waals surface area contributed by atoms with Crippen molar-refractivity contribution < 1.29 is 4.79 Å². The summed E-state index contributed by atoms with van der Waals surface area (Å²) in [5.74, 6) is 3.69. The molecule has 0 aromatic rings. The Morgan fingerprint density at radius 1 is 1.41 bits per heavy atom. The molecule has 1 saturated carbocycles. The third-order valence-corrected chi connectivity index (χ3v) is 5.47. The molecule has 2 aliphatic heterocycles. The summed E-state index contributed by atoms with van der Waals surface area (Å²) < 4.78 is 0. The maximum Gasteiger partial charge on any atom is 0.244 e. The molecular formula is C13H22N2OS. The highest BCUT2D eigenvalue weighted by Gasteiger charge is 2.58. The standard InChI is InChI=1S/C13H22N2OS/c1-2-11-14-13(5-6-13)12(16)15(11)9-10-3-7-17-8-4-10/h10-11,14H,2-9H2,1H3. The highest BCUT2D eigenvalue weighted by atomic mass is 32.2.